The van der Waals surface area contributed by atoms with Crippen LogP contribution in [0.15, 0.2) is 18.2 Å². The molecule has 3 nitrogen and oxygen atoms in total. The van der Waals surface area contributed by atoms with Gasteiger partial charge in [0.15, 0.2) is 0 Å². The lowest BCUT2D eigenvalue weighted by atomic mass is 9.88. The standard InChI is InChI=1S/C13H15FO3/c1-17-10-4-2-3-9(8-14)12(10)13(5-6-13)7-11(15)16/h2-4H,5-8H2,1H3,(H,15,16). The lowest BCUT2D eigenvalue weighted by molar-refractivity contribution is -0.137. The normalized spacial score (nSPS) is 16.6. The van der Waals surface area contributed by atoms with E-state index in [1.807, 2.05) is 0 Å². The van der Waals surface area contributed by atoms with Crippen LogP contribution in [0.5, 0.6) is 5.75 Å². The highest BCUT2D eigenvalue weighted by molar-refractivity contribution is 5.71. The van der Waals surface area contributed by atoms with Crippen molar-refractivity contribution in [3.63, 3.8) is 0 Å². The average Bonchev–Trinajstić information content (AvgIpc) is 3.07. The third kappa shape index (κ3) is 2.12. The van der Waals surface area contributed by atoms with Crippen LogP contribution in [-0.4, -0.2) is 18.2 Å². The number of halogens is 1. The molecule has 0 spiro atoms. The first kappa shape index (κ1) is 11.9. The van der Waals surface area contributed by atoms with Crippen molar-refractivity contribution in [2.45, 2.75) is 31.4 Å². The highest BCUT2D eigenvalue weighted by Gasteiger charge is 2.48. The van der Waals surface area contributed by atoms with E-state index >= 15 is 0 Å². The minimum Gasteiger partial charge on any atom is -0.496 e. The van der Waals surface area contributed by atoms with Crippen molar-refractivity contribution < 1.29 is 19.0 Å². The first-order valence-electron chi connectivity index (χ1n) is 5.57. The van der Waals surface area contributed by atoms with E-state index in [1.54, 1.807) is 18.2 Å². The Morgan fingerprint density at radius 3 is 2.71 bits per heavy atom. The van der Waals surface area contributed by atoms with Crippen molar-refractivity contribution in [2.75, 3.05) is 7.11 Å². The van der Waals surface area contributed by atoms with Crippen LogP contribution in [0.1, 0.15) is 30.4 Å². The van der Waals surface area contributed by atoms with Gasteiger partial charge in [0.1, 0.15) is 12.4 Å². The van der Waals surface area contributed by atoms with Gasteiger partial charge in [0.2, 0.25) is 0 Å². The number of rotatable bonds is 5. The van der Waals surface area contributed by atoms with E-state index in [9.17, 15) is 9.18 Å². The van der Waals surface area contributed by atoms with Gasteiger partial charge in [0.05, 0.1) is 13.5 Å². The van der Waals surface area contributed by atoms with Gasteiger partial charge in [-0.05, 0) is 24.5 Å². The van der Waals surface area contributed by atoms with Gasteiger partial charge in [-0.25, -0.2) is 4.39 Å². The van der Waals surface area contributed by atoms with E-state index in [1.165, 1.54) is 7.11 Å². The Bertz CT molecular complexity index is 416. The molecule has 92 valence electrons. The van der Waals surface area contributed by atoms with E-state index in [2.05, 4.69) is 0 Å². The Labute approximate surface area is 99.2 Å². The Hall–Kier alpha value is -1.58. The van der Waals surface area contributed by atoms with Crippen LogP contribution in [0, 0.1) is 0 Å². The molecule has 1 aliphatic carbocycles. The Kier molecular flexibility index (Phi) is 3.05. The van der Waals surface area contributed by atoms with E-state index in [4.69, 9.17) is 9.84 Å². The fraction of sp³-hybridized carbons (Fsp3) is 0.462. The molecule has 0 saturated heterocycles. The number of aliphatic carboxylic acids is 1. The van der Waals surface area contributed by atoms with Gasteiger partial charge in [0, 0.05) is 11.0 Å². The summed E-state index contributed by atoms with van der Waals surface area (Å²) in [6.45, 7) is -0.589. The van der Waals surface area contributed by atoms with Crippen LogP contribution in [-0.2, 0) is 16.9 Å². The molecule has 1 fully saturated rings. The molecule has 0 bridgehead atoms. The van der Waals surface area contributed by atoms with Gasteiger partial charge in [-0.15, -0.1) is 0 Å². The van der Waals surface area contributed by atoms with Crippen molar-refractivity contribution >= 4 is 5.97 Å². The highest BCUT2D eigenvalue weighted by Crippen LogP contribution is 2.55. The molecule has 0 aromatic heterocycles. The zero-order chi connectivity index (χ0) is 12.5. The van der Waals surface area contributed by atoms with E-state index in [0.717, 1.165) is 18.4 Å². The minimum atomic E-state index is -0.849. The van der Waals surface area contributed by atoms with Crippen molar-refractivity contribution in [2.24, 2.45) is 0 Å². The first-order valence-corrected chi connectivity index (χ1v) is 5.57. The molecule has 0 amide bonds. The summed E-state index contributed by atoms with van der Waals surface area (Å²) >= 11 is 0. The second-order valence-electron chi connectivity index (χ2n) is 4.48. The molecule has 0 unspecified atom stereocenters. The zero-order valence-electron chi connectivity index (χ0n) is 9.70. The lowest BCUT2D eigenvalue weighted by Gasteiger charge is -2.19. The van der Waals surface area contributed by atoms with Crippen LogP contribution in [0.25, 0.3) is 0 Å². The van der Waals surface area contributed by atoms with Crippen molar-refractivity contribution in [1.82, 2.24) is 0 Å². The molecule has 17 heavy (non-hydrogen) atoms. The van der Waals surface area contributed by atoms with E-state index in [0.29, 0.717) is 11.3 Å². The maximum absolute atomic E-state index is 13.0. The van der Waals surface area contributed by atoms with E-state index in [-0.39, 0.29) is 6.42 Å². The maximum atomic E-state index is 13.0. The third-order valence-corrected chi connectivity index (χ3v) is 3.35. The van der Waals surface area contributed by atoms with Gasteiger partial charge in [-0.3, -0.25) is 4.79 Å². The average molecular weight is 238 g/mol. The highest BCUT2D eigenvalue weighted by atomic mass is 19.1. The molecule has 1 aromatic carbocycles. The molecule has 4 heteroatoms. The smallest absolute Gasteiger partial charge is 0.304 e. The van der Waals surface area contributed by atoms with Gasteiger partial charge >= 0.3 is 5.97 Å². The fourth-order valence-corrected chi connectivity index (χ4v) is 2.42. The van der Waals surface area contributed by atoms with Gasteiger partial charge in [-0.2, -0.15) is 0 Å². The van der Waals surface area contributed by atoms with Gasteiger partial charge in [-0.1, -0.05) is 12.1 Å². The summed E-state index contributed by atoms with van der Waals surface area (Å²) in [6, 6.07) is 5.18. The summed E-state index contributed by atoms with van der Waals surface area (Å²) < 4.78 is 18.2. The molecule has 0 aliphatic heterocycles. The topological polar surface area (TPSA) is 46.5 Å². The summed E-state index contributed by atoms with van der Waals surface area (Å²) in [5.74, 6) is -0.253. The molecule has 1 N–H and O–H groups in total. The summed E-state index contributed by atoms with van der Waals surface area (Å²) in [6.07, 6.45) is 1.61. The predicted molar refractivity (Wildman–Crippen MR) is 61.0 cm³/mol. The molecule has 0 atom stereocenters. The number of carboxylic acid groups (broad SMARTS) is 1. The largest absolute Gasteiger partial charge is 0.496 e. The monoisotopic (exact) mass is 238 g/mol. The van der Waals surface area contributed by atoms with Crippen LogP contribution >= 0.6 is 0 Å². The molecule has 1 aliphatic rings. The summed E-state index contributed by atoms with van der Waals surface area (Å²) in [5.41, 5.74) is 0.871. The Morgan fingerprint density at radius 1 is 1.53 bits per heavy atom. The Morgan fingerprint density at radius 2 is 2.24 bits per heavy atom. The molecule has 1 aromatic rings. The number of ether oxygens (including phenoxy) is 1. The molecule has 2 rings (SSSR count). The lowest BCUT2D eigenvalue weighted by Crippen LogP contribution is -2.16. The van der Waals surface area contributed by atoms with Crippen LogP contribution in [0.3, 0.4) is 0 Å². The van der Waals surface area contributed by atoms with Crippen molar-refractivity contribution in [3.05, 3.63) is 29.3 Å². The number of alkyl halides is 1. The van der Waals surface area contributed by atoms with Gasteiger partial charge < -0.3 is 9.84 Å². The van der Waals surface area contributed by atoms with E-state index < -0.39 is 18.1 Å². The molecular formula is C13H15FO3. The second kappa shape index (κ2) is 4.35. The van der Waals surface area contributed by atoms with Crippen LogP contribution in [0.4, 0.5) is 4.39 Å². The maximum Gasteiger partial charge on any atom is 0.304 e. The summed E-state index contributed by atoms with van der Waals surface area (Å²) in [4.78, 5) is 10.9. The fourth-order valence-electron chi connectivity index (χ4n) is 2.42. The summed E-state index contributed by atoms with van der Waals surface area (Å²) in [7, 11) is 1.53. The number of hydrogen-bond donors (Lipinski definition) is 1. The zero-order valence-corrected chi connectivity index (χ0v) is 9.70. The second-order valence-corrected chi connectivity index (χ2v) is 4.48. The number of hydrogen-bond acceptors (Lipinski definition) is 2. The number of carbonyl (C=O) groups is 1. The summed E-state index contributed by atoms with van der Waals surface area (Å²) in [5, 5.41) is 8.94. The third-order valence-electron chi connectivity index (χ3n) is 3.35. The predicted octanol–water partition coefficient (Wildman–Crippen LogP) is 2.67. The number of carboxylic acids is 1. The number of benzene rings is 1. The minimum absolute atomic E-state index is 0.0420. The van der Waals surface area contributed by atoms with Crippen molar-refractivity contribution in [3.8, 4) is 5.75 Å². The molecular weight excluding hydrogens is 223 g/mol. The first-order chi connectivity index (χ1) is 8.13. The number of methoxy groups -OCH3 is 1. The molecule has 0 heterocycles. The quantitative estimate of drug-likeness (QED) is 0.857. The Balaban J connectivity index is 2.46. The molecule has 1 saturated carbocycles. The van der Waals surface area contributed by atoms with Crippen LogP contribution < -0.4 is 4.74 Å². The van der Waals surface area contributed by atoms with Gasteiger partial charge in [0.25, 0.3) is 0 Å². The molecule has 0 radical (unpaired) electrons. The van der Waals surface area contributed by atoms with Crippen LogP contribution in [0.2, 0.25) is 0 Å². The SMILES string of the molecule is COc1cccc(CF)c1C1(CC(=O)O)CC1. The van der Waals surface area contributed by atoms with Crippen molar-refractivity contribution in [1.29, 1.82) is 0 Å².